The van der Waals surface area contributed by atoms with Gasteiger partial charge in [-0.15, -0.1) is 0 Å². The molecule has 0 aliphatic rings. The Hall–Kier alpha value is -1.58. The third kappa shape index (κ3) is 20.7. The lowest BCUT2D eigenvalue weighted by molar-refractivity contribution is -0.142. The van der Waals surface area contributed by atoms with Crippen LogP contribution in [0.1, 0.15) is 66.2 Å². The normalized spacial score (nSPS) is 10.4. The highest BCUT2D eigenvalue weighted by atomic mass is 16.5. The van der Waals surface area contributed by atoms with Crippen LogP contribution in [0, 0.1) is 0 Å². The average Bonchev–Trinajstić information content (AvgIpc) is 2.54. The lowest BCUT2D eigenvalue weighted by Crippen LogP contribution is -2.01. The van der Waals surface area contributed by atoms with Crippen molar-refractivity contribution in [2.45, 2.75) is 66.2 Å². The number of hydrogen-bond donors (Lipinski definition) is 0. The molecule has 0 N–H and O–H groups in total. The number of rotatable bonds is 10. The highest BCUT2D eigenvalue weighted by Gasteiger charge is 1.93. The Morgan fingerprint density at radius 1 is 0.682 bits per heavy atom. The van der Waals surface area contributed by atoms with Crippen LogP contribution in [-0.4, -0.2) is 25.2 Å². The first-order chi connectivity index (χ1) is 10.6. The molecule has 0 radical (unpaired) electrons. The summed E-state index contributed by atoms with van der Waals surface area (Å²) < 4.78 is 9.62. The summed E-state index contributed by atoms with van der Waals surface area (Å²) >= 11 is 0. The van der Waals surface area contributed by atoms with Crippen molar-refractivity contribution in [3.05, 3.63) is 24.3 Å². The Morgan fingerprint density at radius 3 is 1.32 bits per heavy atom. The van der Waals surface area contributed by atoms with Gasteiger partial charge in [-0.2, -0.15) is 0 Å². The fraction of sp³-hybridized carbons (Fsp3) is 0.667. The zero-order chi connectivity index (χ0) is 17.1. The van der Waals surface area contributed by atoms with Crippen molar-refractivity contribution < 1.29 is 19.1 Å². The van der Waals surface area contributed by atoms with E-state index in [9.17, 15) is 9.59 Å². The summed E-state index contributed by atoms with van der Waals surface area (Å²) in [6.45, 7) is 8.65. The third-order valence-corrected chi connectivity index (χ3v) is 2.50. The molecule has 22 heavy (non-hydrogen) atoms. The van der Waals surface area contributed by atoms with Crippen LogP contribution in [0.2, 0.25) is 0 Å². The lowest BCUT2D eigenvalue weighted by Gasteiger charge is -1.96. The Bertz CT molecular complexity index is 287. The predicted molar refractivity (Wildman–Crippen MR) is 90.6 cm³/mol. The molecule has 0 aliphatic carbocycles. The van der Waals surface area contributed by atoms with Crippen LogP contribution in [0.5, 0.6) is 0 Å². The van der Waals surface area contributed by atoms with Gasteiger partial charge in [-0.25, -0.2) is 0 Å². The molecule has 0 bridgehead atoms. The second-order valence-electron chi connectivity index (χ2n) is 4.59. The maximum absolute atomic E-state index is 10.6. The molecule has 0 aromatic rings. The number of allylic oxidation sites excluding steroid dienone is 2. The maximum atomic E-state index is 10.6. The van der Waals surface area contributed by atoms with Crippen LogP contribution in [0.3, 0.4) is 0 Å². The molecule has 0 spiro atoms. The lowest BCUT2D eigenvalue weighted by atomic mass is 10.3. The molecule has 0 saturated carbocycles. The fourth-order valence-electron chi connectivity index (χ4n) is 1.19. The number of ether oxygens (including phenoxy) is 2. The van der Waals surface area contributed by atoms with Crippen molar-refractivity contribution in [1.82, 2.24) is 0 Å². The summed E-state index contributed by atoms with van der Waals surface area (Å²) in [5.41, 5.74) is 0. The number of carbonyl (C=O) groups excluding carboxylic acids is 2. The van der Waals surface area contributed by atoms with Gasteiger partial charge in [-0.3, -0.25) is 9.59 Å². The summed E-state index contributed by atoms with van der Waals surface area (Å²) in [4.78, 5) is 21.2. The molecule has 0 rings (SSSR count). The molecule has 0 heterocycles. The Balaban J connectivity index is 0. The highest BCUT2D eigenvalue weighted by molar-refractivity contribution is 5.69. The monoisotopic (exact) mass is 312 g/mol. The van der Waals surface area contributed by atoms with Crippen LogP contribution in [-0.2, 0) is 19.1 Å². The Kier molecular flexibility index (Phi) is 20.0. The van der Waals surface area contributed by atoms with Crippen molar-refractivity contribution >= 4 is 11.9 Å². The summed E-state index contributed by atoms with van der Waals surface area (Å²) in [6, 6.07) is 0. The molecule has 0 aliphatic heterocycles. The van der Waals surface area contributed by atoms with E-state index in [1.807, 2.05) is 24.3 Å². The van der Waals surface area contributed by atoms with E-state index in [2.05, 4.69) is 13.8 Å². The zero-order valence-electron chi connectivity index (χ0n) is 14.6. The summed E-state index contributed by atoms with van der Waals surface area (Å²) in [5, 5.41) is 0. The maximum Gasteiger partial charge on any atom is 0.305 e. The van der Waals surface area contributed by atoms with Gasteiger partial charge < -0.3 is 9.47 Å². The predicted octanol–water partition coefficient (Wildman–Crippen LogP) is 4.59. The second-order valence-corrected chi connectivity index (χ2v) is 4.59. The van der Waals surface area contributed by atoms with Crippen LogP contribution >= 0.6 is 0 Å². The van der Waals surface area contributed by atoms with E-state index >= 15 is 0 Å². The molecule has 0 amide bonds. The van der Waals surface area contributed by atoms with Gasteiger partial charge >= 0.3 is 11.9 Å². The molecule has 0 fully saturated rings. The first-order valence-corrected chi connectivity index (χ1v) is 8.23. The van der Waals surface area contributed by atoms with Crippen molar-refractivity contribution in [2.24, 2.45) is 0 Å². The van der Waals surface area contributed by atoms with Gasteiger partial charge in [0.05, 0.1) is 0 Å². The summed E-state index contributed by atoms with van der Waals surface area (Å²) in [6.07, 6.45) is 13.1. The molecule has 4 nitrogen and oxygen atoms in total. The molecule has 4 heteroatoms. The van der Waals surface area contributed by atoms with Gasteiger partial charge in [-0.1, -0.05) is 64.8 Å². The van der Waals surface area contributed by atoms with E-state index in [4.69, 9.17) is 9.47 Å². The minimum Gasteiger partial charge on any atom is -0.461 e. The number of hydrogen-bond acceptors (Lipinski definition) is 4. The molecule has 0 aromatic carbocycles. The van der Waals surface area contributed by atoms with Gasteiger partial charge in [-0.05, 0) is 12.8 Å². The van der Waals surface area contributed by atoms with Gasteiger partial charge in [0.2, 0.25) is 0 Å². The van der Waals surface area contributed by atoms with Crippen molar-refractivity contribution in [2.75, 3.05) is 13.2 Å². The standard InChI is InChI=1S/2C9H16O2/c2*1-3-5-6-7-8-11-9(10)4-2/h2*6-7H,3-5,8H2,1-2H3/b7-6+;. The molecule has 0 atom stereocenters. The zero-order valence-corrected chi connectivity index (χ0v) is 14.6. The van der Waals surface area contributed by atoms with Crippen molar-refractivity contribution in [1.29, 1.82) is 0 Å². The highest BCUT2D eigenvalue weighted by Crippen LogP contribution is 1.90. The van der Waals surface area contributed by atoms with Gasteiger partial charge in [0, 0.05) is 12.8 Å². The Morgan fingerprint density at radius 2 is 1.05 bits per heavy atom. The van der Waals surface area contributed by atoms with Crippen LogP contribution in [0.4, 0.5) is 0 Å². The number of esters is 2. The first kappa shape index (κ1) is 22.7. The van der Waals surface area contributed by atoms with E-state index < -0.39 is 0 Å². The van der Waals surface area contributed by atoms with E-state index in [1.54, 1.807) is 13.8 Å². The van der Waals surface area contributed by atoms with Crippen LogP contribution in [0.25, 0.3) is 0 Å². The summed E-state index contributed by atoms with van der Waals surface area (Å²) in [5.74, 6) is -0.266. The van der Waals surface area contributed by atoms with E-state index in [0.29, 0.717) is 26.1 Å². The molecule has 0 aromatic heterocycles. The van der Waals surface area contributed by atoms with Crippen molar-refractivity contribution in [3.8, 4) is 0 Å². The minimum absolute atomic E-state index is 0.133. The molecular weight excluding hydrogens is 280 g/mol. The average molecular weight is 312 g/mol. The second kappa shape index (κ2) is 19.4. The van der Waals surface area contributed by atoms with Crippen LogP contribution < -0.4 is 0 Å². The molecule has 0 saturated heterocycles. The minimum atomic E-state index is -0.133. The Labute approximate surface area is 135 Å². The molecule has 128 valence electrons. The SMILES string of the molecule is CCC/C=C/COC(=O)CC.CCCC=CCOC(=O)CC. The first-order valence-electron chi connectivity index (χ1n) is 8.23. The number of unbranched alkanes of at least 4 members (excludes halogenated alkanes) is 2. The van der Waals surface area contributed by atoms with E-state index in [-0.39, 0.29) is 11.9 Å². The van der Waals surface area contributed by atoms with Crippen LogP contribution in [0.15, 0.2) is 24.3 Å². The van der Waals surface area contributed by atoms with Gasteiger partial charge in [0.1, 0.15) is 13.2 Å². The largest absolute Gasteiger partial charge is 0.461 e. The topological polar surface area (TPSA) is 52.6 Å². The molecule has 0 unspecified atom stereocenters. The molecular formula is C18H32O4. The van der Waals surface area contributed by atoms with E-state index in [0.717, 1.165) is 25.7 Å². The fourth-order valence-corrected chi connectivity index (χ4v) is 1.19. The van der Waals surface area contributed by atoms with Crippen molar-refractivity contribution in [3.63, 3.8) is 0 Å². The van der Waals surface area contributed by atoms with E-state index in [1.165, 1.54) is 0 Å². The summed E-state index contributed by atoms with van der Waals surface area (Å²) in [7, 11) is 0. The van der Waals surface area contributed by atoms with Gasteiger partial charge in [0.25, 0.3) is 0 Å². The van der Waals surface area contributed by atoms with Gasteiger partial charge in [0.15, 0.2) is 0 Å². The third-order valence-electron chi connectivity index (χ3n) is 2.50. The number of carbonyl (C=O) groups is 2. The quantitative estimate of drug-likeness (QED) is 0.437. The smallest absolute Gasteiger partial charge is 0.305 e.